The first-order valence-electron chi connectivity index (χ1n) is 8.86. The number of carbonyl (C=O) groups is 2. The maximum absolute atomic E-state index is 13.1. The van der Waals surface area contributed by atoms with Crippen molar-refractivity contribution in [3.8, 4) is 0 Å². The number of nitrogen functional groups attached to an aromatic ring is 1. The molecule has 26 heavy (non-hydrogen) atoms. The first-order chi connectivity index (χ1) is 12.5. The average molecular weight is 370 g/mol. The third-order valence-electron chi connectivity index (χ3n) is 5.50. The number of hydrogen-bond acceptors (Lipinski definition) is 5. The number of nitrogens with zero attached hydrogens (tertiary/aromatic N) is 3. The Bertz CT molecular complexity index is 865. The molecule has 1 aromatic heterocycles. The minimum atomic E-state index is -0.593. The van der Waals surface area contributed by atoms with Gasteiger partial charge in [-0.3, -0.25) is 9.59 Å². The Morgan fingerprint density at radius 3 is 2.96 bits per heavy atom. The molecule has 0 saturated carbocycles. The van der Waals surface area contributed by atoms with E-state index in [1.54, 1.807) is 4.90 Å². The Kier molecular flexibility index (Phi) is 4.19. The summed E-state index contributed by atoms with van der Waals surface area (Å²) in [5.41, 5.74) is 7.93. The number of aromatic nitrogens is 1. The highest BCUT2D eigenvalue weighted by atomic mass is 32.1. The van der Waals surface area contributed by atoms with Crippen molar-refractivity contribution < 1.29 is 9.59 Å². The van der Waals surface area contributed by atoms with Crippen molar-refractivity contribution in [3.05, 3.63) is 40.9 Å². The van der Waals surface area contributed by atoms with Gasteiger partial charge in [-0.15, -0.1) is 11.3 Å². The number of aryl methyl sites for hydroxylation is 1. The number of rotatable bonds is 3. The Morgan fingerprint density at radius 1 is 1.38 bits per heavy atom. The summed E-state index contributed by atoms with van der Waals surface area (Å²) in [5, 5.41) is 2.42. The number of amides is 2. The van der Waals surface area contributed by atoms with Gasteiger partial charge in [-0.25, -0.2) is 4.98 Å². The lowest BCUT2D eigenvalue weighted by molar-refractivity contribution is -0.135. The number of fused-ring (bicyclic) bond motifs is 2. The van der Waals surface area contributed by atoms with Gasteiger partial charge in [-0.1, -0.05) is 18.2 Å². The van der Waals surface area contributed by atoms with Crippen molar-refractivity contribution in [1.29, 1.82) is 0 Å². The molecule has 1 unspecified atom stereocenters. The molecule has 2 N–H and O–H groups in total. The van der Waals surface area contributed by atoms with Crippen LogP contribution in [0, 0.1) is 0 Å². The predicted molar refractivity (Wildman–Crippen MR) is 102 cm³/mol. The van der Waals surface area contributed by atoms with Crippen LogP contribution in [0.4, 0.5) is 10.8 Å². The van der Waals surface area contributed by atoms with Crippen molar-refractivity contribution in [2.45, 2.75) is 31.1 Å². The molecule has 1 spiro atoms. The van der Waals surface area contributed by atoms with Crippen LogP contribution >= 0.6 is 11.3 Å². The Morgan fingerprint density at radius 2 is 2.19 bits per heavy atom. The summed E-state index contributed by atoms with van der Waals surface area (Å²) in [6.45, 7) is 1.17. The number of piperidine rings is 1. The Hall–Kier alpha value is -2.41. The van der Waals surface area contributed by atoms with Gasteiger partial charge in [-0.2, -0.15) is 0 Å². The summed E-state index contributed by atoms with van der Waals surface area (Å²) in [4.78, 5) is 33.6. The minimum absolute atomic E-state index is 0.0791. The highest BCUT2D eigenvalue weighted by Crippen LogP contribution is 2.46. The first-order valence-corrected chi connectivity index (χ1v) is 9.74. The van der Waals surface area contributed by atoms with Crippen molar-refractivity contribution in [3.63, 3.8) is 0 Å². The van der Waals surface area contributed by atoms with Crippen molar-refractivity contribution in [2.24, 2.45) is 0 Å². The third kappa shape index (κ3) is 2.67. The van der Waals surface area contributed by atoms with Crippen LogP contribution in [0.1, 0.15) is 30.5 Å². The lowest BCUT2D eigenvalue weighted by Crippen LogP contribution is -2.53. The number of carbonyl (C=O) groups excluding carboxylic acids is 2. The maximum Gasteiger partial charge on any atom is 0.239 e. The number of anilines is 2. The molecule has 4 rings (SSSR count). The molecule has 7 heteroatoms. The van der Waals surface area contributed by atoms with Crippen LogP contribution in [0.3, 0.4) is 0 Å². The van der Waals surface area contributed by atoms with Gasteiger partial charge in [0.15, 0.2) is 5.13 Å². The third-order valence-corrected chi connectivity index (χ3v) is 6.23. The second-order valence-electron chi connectivity index (χ2n) is 7.06. The molecular formula is C19H22N4O2S. The van der Waals surface area contributed by atoms with Gasteiger partial charge in [0.1, 0.15) is 0 Å². The van der Waals surface area contributed by atoms with Gasteiger partial charge in [0.05, 0.1) is 11.1 Å². The second-order valence-corrected chi connectivity index (χ2v) is 7.95. The molecule has 2 aliphatic rings. The Balaban J connectivity index is 1.52. The van der Waals surface area contributed by atoms with E-state index in [1.807, 2.05) is 41.6 Å². The maximum atomic E-state index is 13.1. The van der Waals surface area contributed by atoms with Crippen molar-refractivity contribution in [1.82, 2.24) is 9.88 Å². The molecule has 1 atom stereocenters. The molecular weight excluding hydrogens is 348 g/mol. The molecule has 2 aromatic rings. The van der Waals surface area contributed by atoms with Gasteiger partial charge in [0, 0.05) is 37.6 Å². The standard InChI is InChI=1S/C19H22N4O2S/c1-22-15-6-3-2-5-14(15)19(17(22)25)9-4-10-23(12-19)16(24)8-7-13-11-26-18(20)21-13/h2-3,5-6,11H,4,7-10,12H2,1H3,(H2,20,21). The molecule has 1 fully saturated rings. The fourth-order valence-corrected chi connectivity index (χ4v) is 4.81. The smallest absolute Gasteiger partial charge is 0.239 e. The molecule has 1 aromatic carbocycles. The molecule has 2 amide bonds. The quantitative estimate of drug-likeness (QED) is 0.898. The van der Waals surface area contributed by atoms with Gasteiger partial charge in [0.25, 0.3) is 0 Å². The van der Waals surface area contributed by atoms with Crippen LogP contribution in [0.15, 0.2) is 29.6 Å². The van der Waals surface area contributed by atoms with E-state index in [9.17, 15) is 9.59 Å². The number of thiazole rings is 1. The minimum Gasteiger partial charge on any atom is -0.375 e. The molecule has 2 aliphatic heterocycles. The number of para-hydroxylation sites is 1. The van der Waals surface area contributed by atoms with Crippen LogP contribution in [-0.4, -0.2) is 41.8 Å². The zero-order valence-corrected chi connectivity index (χ0v) is 15.6. The molecule has 1 saturated heterocycles. The van der Waals surface area contributed by atoms with Crippen LogP contribution in [0.25, 0.3) is 0 Å². The molecule has 136 valence electrons. The van der Waals surface area contributed by atoms with Crippen LogP contribution in [-0.2, 0) is 21.4 Å². The van der Waals surface area contributed by atoms with E-state index in [-0.39, 0.29) is 11.8 Å². The summed E-state index contributed by atoms with van der Waals surface area (Å²) >= 11 is 1.39. The summed E-state index contributed by atoms with van der Waals surface area (Å²) in [6.07, 6.45) is 2.61. The molecule has 6 nitrogen and oxygen atoms in total. The topological polar surface area (TPSA) is 79.5 Å². The lowest BCUT2D eigenvalue weighted by atomic mass is 9.75. The number of benzene rings is 1. The highest BCUT2D eigenvalue weighted by molar-refractivity contribution is 7.13. The fourth-order valence-electron chi connectivity index (χ4n) is 4.21. The monoisotopic (exact) mass is 370 g/mol. The molecule has 0 radical (unpaired) electrons. The molecule has 3 heterocycles. The van der Waals surface area contributed by atoms with E-state index in [0.29, 0.717) is 31.1 Å². The number of hydrogen-bond donors (Lipinski definition) is 1. The zero-order chi connectivity index (χ0) is 18.3. The summed E-state index contributed by atoms with van der Waals surface area (Å²) in [7, 11) is 1.82. The summed E-state index contributed by atoms with van der Waals surface area (Å²) in [6, 6.07) is 7.94. The highest BCUT2D eigenvalue weighted by Gasteiger charge is 2.52. The van der Waals surface area contributed by atoms with E-state index in [1.165, 1.54) is 11.3 Å². The Labute approximate surface area is 156 Å². The van der Waals surface area contributed by atoms with E-state index >= 15 is 0 Å². The van der Waals surface area contributed by atoms with E-state index in [2.05, 4.69) is 4.98 Å². The average Bonchev–Trinajstić information content (AvgIpc) is 3.17. The predicted octanol–water partition coefficient (Wildman–Crippen LogP) is 2.19. The molecule has 0 aliphatic carbocycles. The van der Waals surface area contributed by atoms with Gasteiger partial charge in [0.2, 0.25) is 11.8 Å². The number of likely N-dealkylation sites (N-methyl/N-ethyl adjacent to an activating group) is 1. The summed E-state index contributed by atoms with van der Waals surface area (Å²) < 4.78 is 0. The zero-order valence-electron chi connectivity index (χ0n) is 14.8. The van der Waals surface area contributed by atoms with E-state index in [0.717, 1.165) is 29.8 Å². The first kappa shape index (κ1) is 17.0. The van der Waals surface area contributed by atoms with Gasteiger partial charge in [-0.05, 0) is 30.9 Å². The molecule has 0 bridgehead atoms. The normalized spacial score (nSPS) is 22.1. The largest absolute Gasteiger partial charge is 0.375 e. The number of likely N-dealkylation sites (tertiary alicyclic amines) is 1. The SMILES string of the molecule is CN1C(=O)C2(CCCN(C(=O)CCc3csc(N)n3)C2)c2ccccc21. The van der Waals surface area contributed by atoms with Crippen LogP contribution in [0.2, 0.25) is 0 Å². The fraction of sp³-hybridized carbons (Fsp3) is 0.421. The van der Waals surface area contributed by atoms with Crippen molar-refractivity contribution in [2.75, 3.05) is 30.8 Å². The van der Waals surface area contributed by atoms with Gasteiger partial charge >= 0.3 is 0 Å². The van der Waals surface area contributed by atoms with Crippen LogP contribution < -0.4 is 10.6 Å². The van der Waals surface area contributed by atoms with Gasteiger partial charge < -0.3 is 15.5 Å². The van der Waals surface area contributed by atoms with Crippen LogP contribution in [0.5, 0.6) is 0 Å². The number of nitrogens with two attached hydrogens (primary N) is 1. The van der Waals surface area contributed by atoms with Crippen molar-refractivity contribution >= 4 is 34.0 Å². The summed E-state index contributed by atoms with van der Waals surface area (Å²) in [5.74, 6) is 0.180. The lowest BCUT2D eigenvalue weighted by Gasteiger charge is -2.39. The van der Waals surface area contributed by atoms with E-state index < -0.39 is 5.41 Å². The van der Waals surface area contributed by atoms with E-state index in [4.69, 9.17) is 5.73 Å². The second kappa shape index (κ2) is 6.39.